The minimum atomic E-state index is -0.375. The number of nitrogens with two attached hydrogens (primary N) is 1. The SMILES string of the molecule is Cc1ccnc(N2CCc3nccc(N)c3C2)c1[N+](=O)[O-]. The zero-order chi connectivity index (χ0) is 15.0. The molecule has 0 unspecified atom stereocenters. The van der Waals surface area contributed by atoms with E-state index in [2.05, 4.69) is 9.97 Å². The van der Waals surface area contributed by atoms with Crippen LogP contribution in [-0.2, 0) is 13.0 Å². The lowest BCUT2D eigenvalue weighted by atomic mass is 10.0. The quantitative estimate of drug-likeness (QED) is 0.667. The first-order chi connectivity index (χ1) is 10.1. The number of fused-ring (bicyclic) bond motifs is 1. The summed E-state index contributed by atoms with van der Waals surface area (Å²) in [5.41, 5.74) is 9.21. The first-order valence-corrected chi connectivity index (χ1v) is 6.65. The molecule has 3 heterocycles. The summed E-state index contributed by atoms with van der Waals surface area (Å²) >= 11 is 0. The molecule has 21 heavy (non-hydrogen) atoms. The second-order valence-electron chi connectivity index (χ2n) is 5.05. The van der Waals surface area contributed by atoms with Gasteiger partial charge < -0.3 is 10.6 Å². The minimum Gasteiger partial charge on any atom is -0.398 e. The maximum Gasteiger partial charge on any atom is 0.314 e. The van der Waals surface area contributed by atoms with Crippen LogP contribution in [0.2, 0.25) is 0 Å². The van der Waals surface area contributed by atoms with Crippen molar-refractivity contribution < 1.29 is 4.92 Å². The predicted molar refractivity (Wildman–Crippen MR) is 79.0 cm³/mol. The number of aromatic nitrogens is 2. The lowest BCUT2D eigenvalue weighted by molar-refractivity contribution is -0.384. The Labute approximate surface area is 121 Å². The molecule has 7 nitrogen and oxygen atoms in total. The lowest BCUT2D eigenvalue weighted by Gasteiger charge is -2.29. The number of hydrogen-bond acceptors (Lipinski definition) is 6. The van der Waals surface area contributed by atoms with E-state index in [1.165, 1.54) is 0 Å². The van der Waals surface area contributed by atoms with Gasteiger partial charge in [0.2, 0.25) is 5.82 Å². The summed E-state index contributed by atoms with van der Waals surface area (Å²) in [5, 5.41) is 11.3. The van der Waals surface area contributed by atoms with Gasteiger partial charge in [-0.1, -0.05) is 0 Å². The van der Waals surface area contributed by atoms with Gasteiger partial charge in [0.1, 0.15) is 0 Å². The molecule has 7 heteroatoms. The third-order valence-electron chi connectivity index (χ3n) is 3.74. The fourth-order valence-corrected chi connectivity index (χ4v) is 2.64. The zero-order valence-corrected chi connectivity index (χ0v) is 11.6. The van der Waals surface area contributed by atoms with Gasteiger partial charge in [-0.3, -0.25) is 15.1 Å². The van der Waals surface area contributed by atoms with Crippen LogP contribution in [-0.4, -0.2) is 21.4 Å². The third-order valence-corrected chi connectivity index (χ3v) is 3.74. The molecular formula is C14H15N5O2. The topological polar surface area (TPSA) is 98.2 Å². The number of rotatable bonds is 2. The molecule has 0 spiro atoms. The fourth-order valence-electron chi connectivity index (χ4n) is 2.64. The molecule has 2 aromatic heterocycles. The minimum absolute atomic E-state index is 0.0587. The van der Waals surface area contributed by atoms with Crippen molar-refractivity contribution in [2.24, 2.45) is 0 Å². The molecule has 1 aliphatic rings. The van der Waals surface area contributed by atoms with Gasteiger partial charge in [-0.25, -0.2) is 4.98 Å². The number of nitrogens with zero attached hydrogens (tertiary/aromatic N) is 4. The fraction of sp³-hybridized carbons (Fsp3) is 0.286. The van der Waals surface area contributed by atoms with Crippen LogP contribution < -0.4 is 10.6 Å². The highest BCUT2D eigenvalue weighted by molar-refractivity contribution is 5.63. The maximum atomic E-state index is 11.3. The van der Waals surface area contributed by atoms with E-state index in [1.54, 1.807) is 31.5 Å². The summed E-state index contributed by atoms with van der Waals surface area (Å²) in [7, 11) is 0. The summed E-state index contributed by atoms with van der Waals surface area (Å²) in [6.45, 7) is 2.85. The van der Waals surface area contributed by atoms with Crippen molar-refractivity contribution in [1.29, 1.82) is 0 Å². The Morgan fingerprint density at radius 3 is 2.86 bits per heavy atom. The lowest BCUT2D eigenvalue weighted by Crippen LogP contribution is -2.32. The van der Waals surface area contributed by atoms with E-state index in [1.807, 2.05) is 4.90 Å². The van der Waals surface area contributed by atoms with Crippen molar-refractivity contribution in [2.45, 2.75) is 19.9 Å². The largest absolute Gasteiger partial charge is 0.398 e. The number of anilines is 2. The van der Waals surface area contributed by atoms with Gasteiger partial charge in [-0.05, 0) is 19.1 Å². The van der Waals surface area contributed by atoms with Crippen molar-refractivity contribution in [2.75, 3.05) is 17.2 Å². The molecule has 2 N–H and O–H groups in total. The van der Waals surface area contributed by atoms with Crippen LogP contribution in [0.3, 0.4) is 0 Å². The zero-order valence-electron chi connectivity index (χ0n) is 11.6. The summed E-state index contributed by atoms with van der Waals surface area (Å²) < 4.78 is 0. The molecule has 0 saturated carbocycles. The van der Waals surface area contributed by atoms with Crippen LogP contribution >= 0.6 is 0 Å². The van der Waals surface area contributed by atoms with Crippen LogP contribution in [0.25, 0.3) is 0 Å². The maximum absolute atomic E-state index is 11.3. The van der Waals surface area contributed by atoms with Crippen LogP contribution in [0.5, 0.6) is 0 Å². The summed E-state index contributed by atoms with van der Waals surface area (Å²) in [6, 6.07) is 3.40. The van der Waals surface area contributed by atoms with Crippen LogP contribution in [0.4, 0.5) is 17.2 Å². The molecule has 0 atom stereocenters. The van der Waals surface area contributed by atoms with E-state index in [0.717, 1.165) is 11.3 Å². The molecule has 3 rings (SSSR count). The van der Waals surface area contributed by atoms with Crippen molar-refractivity contribution in [1.82, 2.24) is 9.97 Å². The monoisotopic (exact) mass is 285 g/mol. The Hall–Kier alpha value is -2.70. The van der Waals surface area contributed by atoms with Gasteiger partial charge in [-0.15, -0.1) is 0 Å². The molecule has 108 valence electrons. The molecule has 0 saturated heterocycles. The van der Waals surface area contributed by atoms with E-state index in [0.29, 0.717) is 36.6 Å². The number of nitro groups is 1. The molecule has 0 fully saturated rings. The van der Waals surface area contributed by atoms with Gasteiger partial charge in [0, 0.05) is 54.4 Å². The molecule has 0 bridgehead atoms. The molecule has 2 aromatic rings. The van der Waals surface area contributed by atoms with E-state index in [9.17, 15) is 10.1 Å². The van der Waals surface area contributed by atoms with Gasteiger partial charge in [0.25, 0.3) is 0 Å². The Morgan fingerprint density at radius 2 is 2.10 bits per heavy atom. The van der Waals surface area contributed by atoms with Gasteiger partial charge in [-0.2, -0.15) is 0 Å². The predicted octanol–water partition coefficient (Wildman–Crippen LogP) is 1.84. The Bertz CT molecular complexity index is 717. The van der Waals surface area contributed by atoms with E-state index >= 15 is 0 Å². The standard InChI is InChI=1S/C14H15N5O2/c1-9-2-5-17-14(13(9)19(20)21)18-7-4-12-10(8-18)11(15)3-6-16-12/h2-3,5-6H,4,7-8H2,1H3,(H2,15,16). The molecule has 0 aromatic carbocycles. The first kappa shape index (κ1) is 13.3. The summed E-state index contributed by atoms with van der Waals surface area (Å²) in [6.07, 6.45) is 3.99. The average Bonchev–Trinajstić information content (AvgIpc) is 2.46. The van der Waals surface area contributed by atoms with E-state index in [4.69, 9.17) is 5.73 Å². The van der Waals surface area contributed by atoms with Gasteiger partial charge in [0.05, 0.1) is 4.92 Å². The highest BCUT2D eigenvalue weighted by Crippen LogP contribution is 2.33. The average molecular weight is 285 g/mol. The van der Waals surface area contributed by atoms with Gasteiger partial charge in [0.15, 0.2) is 0 Å². The number of pyridine rings is 2. The Balaban J connectivity index is 2.03. The number of hydrogen-bond donors (Lipinski definition) is 1. The molecule has 0 amide bonds. The molecule has 0 aliphatic carbocycles. The number of aryl methyl sites for hydroxylation is 1. The van der Waals surface area contributed by atoms with Crippen LogP contribution in [0.15, 0.2) is 24.5 Å². The number of nitrogen functional groups attached to an aromatic ring is 1. The summed E-state index contributed by atoms with van der Waals surface area (Å²) in [5.74, 6) is 0.397. The van der Waals surface area contributed by atoms with Gasteiger partial charge >= 0.3 is 5.69 Å². The van der Waals surface area contributed by atoms with E-state index < -0.39 is 0 Å². The second-order valence-corrected chi connectivity index (χ2v) is 5.05. The Morgan fingerprint density at radius 1 is 1.33 bits per heavy atom. The van der Waals surface area contributed by atoms with Crippen LogP contribution in [0.1, 0.15) is 16.8 Å². The van der Waals surface area contributed by atoms with Crippen molar-refractivity contribution in [3.8, 4) is 0 Å². The highest BCUT2D eigenvalue weighted by Gasteiger charge is 2.27. The normalized spacial score (nSPS) is 13.9. The van der Waals surface area contributed by atoms with Crippen LogP contribution in [0, 0.1) is 17.0 Å². The van der Waals surface area contributed by atoms with Crippen molar-refractivity contribution in [3.05, 3.63) is 51.5 Å². The van der Waals surface area contributed by atoms with Crippen molar-refractivity contribution in [3.63, 3.8) is 0 Å². The molecule has 1 aliphatic heterocycles. The van der Waals surface area contributed by atoms with Crippen molar-refractivity contribution >= 4 is 17.2 Å². The smallest absolute Gasteiger partial charge is 0.314 e. The van der Waals surface area contributed by atoms with E-state index in [-0.39, 0.29) is 10.6 Å². The Kier molecular flexibility index (Phi) is 3.17. The molecular weight excluding hydrogens is 270 g/mol. The second kappa shape index (κ2) is 5.01. The molecule has 0 radical (unpaired) electrons. The highest BCUT2D eigenvalue weighted by atomic mass is 16.6. The third kappa shape index (κ3) is 2.26. The summed E-state index contributed by atoms with van der Waals surface area (Å²) in [4.78, 5) is 21.4. The first-order valence-electron chi connectivity index (χ1n) is 6.65.